The van der Waals surface area contributed by atoms with E-state index in [1.165, 1.54) is 22.3 Å². The van der Waals surface area contributed by atoms with Gasteiger partial charge in [0, 0.05) is 0 Å². The zero-order valence-corrected chi connectivity index (χ0v) is 11.7. The van der Waals surface area contributed by atoms with Gasteiger partial charge in [0.2, 0.25) is 0 Å². The first kappa shape index (κ1) is 20.0. The van der Waals surface area contributed by atoms with Crippen molar-refractivity contribution in [3.05, 3.63) is 70.8 Å². The second-order valence-electron chi connectivity index (χ2n) is 4.17. The molecule has 0 fully saturated rings. The van der Waals surface area contributed by atoms with E-state index in [0.717, 1.165) is 0 Å². The van der Waals surface area contributed by atoms with Crippen LogP contribution in [0.15, 0.2) is 48.5 Å². The molecule has 0 aliphatic heterocycles. The van der Waals surface area contributed by atoms with Gasteiger partial charge < -0.3 is 4.79 Å². The summed E-state index contributed by atoms with van der Waals surface area (Å²) < 4.78 is 0. The topological polar surface area (TPSA) is 17.1 Å². The predicted molar refractivity (Wildman–Crippen MR) is 86.1 cm³/mol. The molecule has 0 aliphatic rings. The van der Waals surface area contributed by atoms with E-state index in [4.69, 9.17) is 4.79 Å². The van der Waals surface area contributed by atoms with Crippen LogP contribution in [0.5, 0.6) is 0 Å². The summed E-state index contributed by atoms with van der Waals surface area (Å²) in [6.45, 7) is 10.5. The summed E-state index contributed by atoms with van der Waals surface area (Å²) in [5.41, 5.74) is 5.47. The van der Waals surface area contributed by atoms with Crippen LogP contribution in [0, 0.1) is 27.7 Å². The number of aryl methyl sites for hydroxylation is 4. The SMILES string of the molecule is C=O.Cc1ccccc1C.Cc1ccccc1C.[LiH]. The van der Waals surface area contributed by atoms with Crippen molar-refractivity contribution in [2.75, 3.05) is 0 Å². The van der Waals surface area contributed by atoms with Crippen LogP contribution in [0.4, 0.5) is 0 Å². The van der Waals surface area contributed by atoms with Crippen LogP contribution in [0.25, 0.3) is 0 Å². The number of carbonyl (C=O) groups is 1. The molecule has 98 valence electrons. The maximum absolute atomic E-state index is 8.00. The first-order chi connectivity index (χ1) is 8.61. The summed E-state index contributed by atoms with van der Waals surface area (Å²) in [4.78, 5) is 8.00. The molecule has 0 saturated carbocycles. The summed E-state index contributed by atoms with van der Waals surface area (Å²) in [7, 11) is 0. The first-order valence-electron chi connectivity index (χ1n) is 5.94. The van der Waals surface area contributed by atoms with Gasteiger partial charge in [-0.3, -0.25) is 0 Å². The molecule has 2 aromatic rings. The molecule has 0 bridgehead atoms. The molecule has 1 nitrogen and oxygen atoms in total. The molecule has 0 aromatic heterocycles. The Morgan fingerprint density at radius 3 is 0.842 bits per heavy atom. The average molecular weight is 250 g/mol. The number of hydrogen-bond donors (Lipinski definition) is 0. The van der Waals surface area contributed by atoms with Crippen LogP contribution in [-0.2, 0) is 4.79 Å². The monoisotopic (exact) mass is 250 g/mol. The van der Waals surface area contributed by atoms with Gasteiger partial charge in [-0.25, -0.2) is 0 Å². The molecule has 2 heteroatoms. The second kappa shape index (κ2) is 11.8. The van der Waals surface area contributed by atoms with Crippen LogP contribution in [0.1, 0.15) is 22.3 Å². The molecule has 0 unspecified atom stereocenters. The van der Waals surface area contributed by atoms with Gasteiger partial charge in [0.05, 0.1) is 0 Å². The Bertz CT molecular complexity index is 381. The van der Waals surface area contributed by atoms with Gasteiger partial charge in [0.1, 0.15) is 6.79 Å². The van der Waals surface area contributed by atoms with Crippen LogP contribution < -0.4 is 0 Å². The number of carbonyl (C=O) groups excluding carboxylic acids is 1. The van der Waals surface area contributed by atoms with E-state index in [0.29, 0.717) is 0 Å². The molecule has 0 N–H and O–H groups in total. The van der Waals surface area contributed by atoms with Gasteiger partial charge in [0.25, 0.3) is 0 Å². The zero-order chi connectivity index (χ0) is 14.0. The van der Waals surface area contributed by atoms with Crippen LogP contribution in [0.3, 0.4) is 0 Å². The Kier molecular flexibility index (Phi) is 12.4. The standard InChI is InChI=1S/2C8H10.CH2O.Li.H/c2*1-7-5-3-4-6-8(7)2;1-2;;/h2*3-6H,1-2H3;1H2;;. The first-order valence-corrected chi connectivity index (χ1v) is 5.94. The third-order valence-electron chi connectivity index (χ3n) is 2.85. The van der Waals surface area contributed by atoms with Crippen molar-refractivity contribution >= 4 is 25.6 Å². The fourth-order valence-electron chi connectivity index (χ4n) is 1.33. The molecular weight excluding hydrogens is 227 g/mol. The number of benzene rings is 2. The van der Waals surface area contributed by atoms with Crippen molar-refractivity contribution in [2.45, 2.75) is 27.7 Å². The average Bonchev–Trinajstić information content (AvgIpc) is 2.40. The zero-order valence-electron chi connectivity index (χ0n) is 11.7. The third kappa shape index (κ3) is 8.43. The minimum absolute atomic E-state index is 0. The quantitative estimate of drug-likeness (QED) is 0.650. The number of hydrogen-bond acceptors (Lipinski definition) is 1. The molecule has 0 saturated heterocycles. The molecule has 0 amide bonds. The summed E-state index contributed by atoms with van der Waals surface area (Å²) >= 11 is 0. The van der Waals surface area contributed by atoms with Gasteiger partial charge >= 0.3 is 18.9 Å². The van der Waals surface area contributed by atoms with Gasteiger partial charge in [-0.05, 0) is 49.9 Å². The Morgan fingerprint density at radius 1 is 0.579 bits per heavy atom. The summed E-state index contributed by atoms with van der Waals surface area (Å²) in [5.74, 6) is 0. The van der Waals surface area contributed by atoms with Crippen molar-refractivity contribution in [2.24, 2.45) is 0 Å². The van der Waals surface area contributed by atoms with Crippen molar-refractivity contribution in [3.8, 4) is 0 Å². The van der Waals surface area contributed by atoms with Gasteiger partial charge in [-0.2, -0.15) is 0 Å². The minimum atomic E-state index is 0. The maximum atomic E-state index is 8.00. The fraction of sp³-hybridized carbons (Fsp3) is 0.235. The second-order valence-corrected chi connectivity index (χ2v) is 4.17. The molecule has 0 radical (unpaired) electrons. The van der Waals surface area contributed by atoms with E-state index in [2.05, 4.69) is 76.2 Å². The van der Waals surface area contributed by atoms with Crippen molar-refractivity contribution in [3.63, 3.8) is 0 Å². The molecule has 0 atom stereocenters. The Balaban J connectivity index is 0. The van der Waals surface area contributed by atoms with E-state index in [-0.39, 0.29) is 18.9 Å². The Morgan fingerprint density at radius 2 is 0.737 bits per heavy atom. The van der Waals surface area contributed by atoms with Crippen molar-refractivity contribution in [1.82, 2.24) is 0 Å². The van der Waals surface area contributed by atoms with E-state index in [1.54, 1.807) is 0 Å². The molecule has 0 heterocycles. The third-order valence-corrected chi connectivity index (χ3v) is 2.85. The van der Waals surface area contributed by atoms with E-state index in [1.807, 2.05) is 6.79 Å². The summed E-state index contributed by atoms with van der Waals surface area (Å²) in [5, 5.41) is 0. The van der Waals surface area contributed by atoms with Crippen molar-refractivity contribution in [1.29, 1.82) is 0 Å². The van der Waals surface area contributed by atoms with E-state index in [9.17, 15) is 0 Å². The molecule has 2 rings (SSSR count). The Labute approximate surface area is 129 Å². The van der Waals surface area contributed by atoms with Gasteiger partial charge in [-0.15, -0.1) is 0 Å². The van der Waals surface area contributed by atoms with Crippen LogP contribution >= 0.6 is 0 Å². The summed E-state index contributed by atoms with van der Waals surface area (Å²) in [6, 6.07) is 16.7. The van der Waals surface area contributed by atoms with E-state index >= 15 is 0 Å². The fourth-order valence-corrected chi connectivity index (χ4v) is 1.33. The van der Waals surface area contributed by atoms with Gasteiger partial charge in [-0.1, -0.05) is 48.5 Å². The normalized spacial score (nSPS) is 8.00. The molecule has 0 spiro atoms. The molecule has 0 aliphatic carbocycles. The Hall–Kier alpha value is -1.29. The van der Waals surface area contributed by atoms with Crippen molar-refractivity contribution < 1.29 is 4.79 Å². The molecule has 19 heavy (non-hydrogen) atoms. The molecule has 2 aromatic carbocycles. The van der Waals surface area contributed by atoms with Crippen LogP contribution in [-0.4, -0.2) is 25.6 Å². The summed E-state index contributed by atoms with van der Waals surface area (Å²) in [6.07, 6.45) is 0. The van der Waals surface area contributed by atoms with E-state index < -0.39 is 0 Å². The van der Waals surface area contributed by atoms with Crippen LogP contribution in [0.2, 0.25) is 0 Å². The van der Waals surface area contributed by atoms with Gasteiger partial charge in [0.15, 0.2) is 0 Å². The predicted octanol–water partition coefficient (Wildman–Crippen LogP) is 3.77. The molecular formula is C17H23LiO. The number of rotatable bonds is 0.